The first-order chi connectivity index (χ1) is 15.8. The average molecular weight is 444 g/mol. The van der Waals surface area contributed by atoms with Crippen molar-refractivity contribution >= 4 is 23.3 Å². The minimum Gasteiger partial charge on any atom is -0.324 e. The second-order valence-corrected chi connectivity index (χ2v) is 8.81. The van der Waals surface area contributed by atoms with E-state index in [1.807, 2.05) is 66.7 Å². The van der Waals surface area contributed by atoms with Crippen LogP contribution in [0.15, 0.2) is 78.9 Å². The molecule has 0 spiro atoms. The molecule has 3 amide bonds. The quantitative estimate of drug-likeness (QED) is 0.412. The smallest absolute Gasteiger partial charge is 0.322 e. The predicted octanol–water partition coefficient (Wildman–Crippen LogP) is 6.61. The zero-order chi connectivity index (χ0) is 23.8. The lowest BCUT2D eigenvalue weighted by Crippen LogP contribution is -2.40. The Morgan fingerprint density at radius 2 is 1.27 bits per heavy atom. The highest BCUT2D eigenvalue weighted by Crippen LogP contribution is 2.32. The molecule has 5 nitrogen and oxygen atoms in total. The Kier molecular flexibility index (Phi) is 8.25. The molecule has 0 bridgehead atoms. The first-order valence-corrected chi connectivity index (χ1v) is 11.4. The summed E-state index contributed by atoms with van der Waals surface area (Å²) in [7, 11) is 0. The summed E-state index contributed by atoms with van der Waals surface area (Å²) in [4.78, 5) is 27.8. The summed E-state index contributed by atoms with van der Waals surface area (Å²) in [5.41, 5.74) is 4.69. The minimum atomic E-state index is -0.318. The maximum absolute atomic E-state index is 13.2. The summed E-state index contributed by atoms with van der Waals surface area (Å²) in [6, 6.07) is 24.8. The van der Waals surface area contributed by atoms with Gasteiger partial charge in [-0.05, 0) is 40.7 Å². The molecule has 33 heavy (non-hydrogen) atoms. The molecule has 0 aromatic heterocycles. The van der Waals surface area contributed by atoms with Gasteiger partial charge in [0.2, 0.25) is 5.91 Å². The SMILES string of the molecule is CC(C)c1cccc(C(C)C)c1NC(=O)CN(Cc1ccccc1)C(=O)Nc1ccccc1. The molecule has 0 radical (unpaired) electrons. The van der Waals surface area contributed by atoms with E-state index in [1.165, 1.54) is 4.90 Å². The highest BCUT2D eigenvalue weighted by atomic mass is 16.2. The van der Waals surface area contributed by atoms with E-state index >= 15 is 0 Å². The van der Waals surface area contributed by atoms with E-state index in [2.05, 4.69) is 50.5 Å². The molecule has 0 aliphatic carbocycles. The number of urea groups is 1. The Morgan fingerprint density at radius 1 is 0.727 bits per heavy atom. The fourth-order valence-corrected chi connectivity index (χ4v) is 3.77. The van der Waals surface area contributed by atoms with Crippen molar-refractivity contribution in [1.82, 2.24) is 4.90 Å². The molecule has 0 atom stereocenters. The molecule has 3 aromatic rings. The van der Waals surface area contributed by atoms with Gasteiger partial charge in [-0.1, -0.05) is 94.4 Å². The lowest BCUT2D eigenvalue weighted by molar-refractivity contribution is -0.116. The summed E-state index contributed by atoms with van der Waals surface area (Å²) in [6.07, 6.45) is 0. The molecule has 0 unspecified atom stereocenters. The van der Waals surface area contributed by atoms with Crippen LogP contribution in [0.3, 0.4) is 0 Å². The van der Waals surface area contributed by atoms with Gasteiger partial charge in [0.15, 0.2) is 0 Å². The highest BCUT2D eigenvalue weighted by molar-refractivity contribution is 5.98. The lowest BCUT2D eigenvalue weighted by Gasteiger charge is -2.25. The van der Waals surface area contributed by atoms with Gasteiger partial charge in [0.1, 0.15) is 6.54 Å². The molecule has 0 aliphatic rings. The predicted molar refractivity (Wildman–Crippen MR) is 136 cm³/mol. The number of nitrogens with zero attached hydrogens (tertiary/aromatic N) is 1. The van der Waals surface area contributed by atoms with Gasteiger partial charge in [0.25, 0.3) is 0 Å². The highest BCUT2D eigenvalue weighted by Gasteiger charge is 2.21. The molecular weight excluding hydrogens is 410 g/mol. The normalized spacial score (nSPS) is 10.8. The largest absolute Gasteiger partial charge is 0.324 e. The summed E-state index contributed by atoms with van der Waals surface area (Å²) >= 11 is 0. The molecular formula is C28H33N3O2. The molecule has 3 aromatic carbocycles. The van der Waals surface area contributed by atoms with Gasteiger partial charge >= 0.3 is 6.03 Å². The van der Waals surface area contributed by atoms with Crippen LogP contribution >= 0.6 is 0 Å². The van der Waals surface area contributed by atoms with Gasteiger partial charge in [-0.2, -0.15) is 0 Å². The van der Waals surface area contributed by atoms with E-state index in [0.29, 0.717) is 12.2 Å². The number of amides is 3. The number of hydrogen-bond acceptors (Lipinski definition) is 2. The van der Waals surface area contributed by atoms with Crippen molar-refractivity contribution < 1.29 is 9.59 Å². The van der Waals surface area contributed by atoms with Crippen LogP contribution in [0.2, 0.25) is 0 Å². The Bertz CT molecular complexity index is 1040. The van der Waals surface area contributed by atoms with E-state index in [0.717, 1.165) is 22.4 Å². The zero-order valence-electron chi connectivity index (χ0n) is 19.8. The second kappa shape index (κ2) is 11.3. The third-order valence-electron chi connectivity index (χ3n) is 5.50. The minimum absolute atomic E-state index is 0.0580. The van der Waals surface area contributed by atoms with Crippen molar-refractivity contribution in [2.75, 3.05) is 17.2 Å². The number of anilines is 2. The van der Waals surface area contributed by atoms with Crippen LogP contribution in [0.4, 0.5) is 16.2 Å². The van der Waals surface area contributed by atoms with E-state index in [9.17, 15) is 9.59 Å². The number of nitrogens with one attached hydrogen (secondary N) is 2. The van der Waals surface area contributed by atoms with Crippen LogP contribution in [0.1, 0.15) is 56.2 Å². The van der Waals surface area contributed by atoms with Crippen LogP contribution in [0, 0.1) is 0 Å². The van der Waals surface area contributed by atoms with Gasteiger partial charge in [0, 0.05) is 17.9 Å². The molecule has 0 saturated carbocycles. The lowest BCUT2D eigenvalue weighted by atomic mass is 9.92. The fraction of sp³-hybridized carbons (Fsp3) is 0.286. The first-order valence-electron chi connectivity index (χ1n) is 11.4. The van der Waals surface area contributed by atoms with Gasteiger partial charge < -0.3 is 15.5 Å². The van der Waals surface area contributed by atoms with Crippen LogP contribution in [0.5, 0.6) is 0 Å². The van der Waals surface area contributed by atoms with Crippen molar-refractivity contribution in [1.29, 1.82) is 0 Å². The van der Waals surface area contributed by atoms with Crippen molar-refractivity contribution in [2.24, 2.45) is 0 Å². The Hall–Kier alpha value is -3.60. The molecule has 2 N–H and O–H groups in total. The Morgan fingerprint density at radius 3 is 1.82 bits per heavy atom. The molecule has 0 fully saturated rings. The summed E-state index contributed by atoms with van der Waals surface area (Å²) in [6.45, 7) is 8.73. The maximum atomic E-state index is 13.2. The van der Waals surface area contributed by atoms with Crippen molar-refractivity contribution in [3.8, 4) is 0 Å². The summed E-state index contributed by atoms with van der Waals surface area (Å²) < 4.78 is 0. The van der Waals surface area contributed by atoms with Crippen LogP contribution < -0.4 is 10.6 Å². The molecule has 5 heteroatoms. The Balaban J connectivity index is 1.82. The molecule has 172 valence electrons. The van der Waals surface area contributed by atoms with E-state index in [-0.39, 0.29) is 30.3 Å². The average Bonchev–Trinajstić information content (AvgIpc) is 2.79. The zero-order valence-corrected chi connectivity index (χ0v) is 19.8. The van der Waals surface area contributed by atoms with E-state index < -0.39 is 0 Å². The van der Waals surface area contributed by atoms with Crippen molar-refractivity contribution in [3.63, 3.8) is 0 Å². The summed E-state index contributed by atoms with van der Waals surface area (Å²) in [5, 5.41) is 6.01. The second-order valence-electron chi connectivity index (χ2n) is 8.81. The Labute approximate surface area is 196 Å². The van der Waals surface area contributed by atoms with Gasteiger partial charge in [-0.3, -0.25) is 4.79 Å². The fourth-order valence-electron chi connectivity index (χ4n) is 3.77. The molecule has 3 rings (SSSR count). The first kappa shape index (κ1) is 24.1. The van der Waals surface area contributed by atoms with Crippen LogP contribution in [0.25, 0.3) is 0 Å². The third-order valence-corrected chi connectivity index (χ3v) is 5.50. The summed E-state index contributed by atoms with van der Waals surface area (Å²) in [5.74, 6) is 0.311. The number of para-hydroxylation sites is 2. The number of hydrogen-bond donors (Lipinski definition) is 2. The van der Waals surface area contributed by atoms with Crippen LogP contribution in [-0.2, 0) is 11.3 Å². The molecule has 0 aliphatic heterocycles. The standard InChI is InChI=1S/C28H33N3O2/c1-20(2)24-16-11-17-25(21(3)4)27(24)30-26(32)19-31(18-22-12-7-5-8-13-22)28(33)29-23-14-9-6-10-15-23/h5-17,20-21H,18-19H2,1-4H3,(H,29,33)(H,30,32). The van der Waals surface area contributed by atoms with Gasteiger partial charge in [-0.15, -0.1) is 0 Å². The maximum Gasteiger partial charge on any atom is 0.322 e. The van der Waals surface area contributed by atoms with Crippen molar-refractivity contribution in [2.45, 2.75) is 46.1 Å². The van der Waals surface area contributed by atoms with E-state index in [1.54, 1.807) is 0 Å². The van der Waals surface area contributed by atoms with Gasteiger partial charge in [0.05, 0.1) is 0 Å². The number of carbonyl (C=O) groups is 2. The molecule has 0 saturated heterocycles. The number of carbonyl (C=O) groups excluding carboxylic acids is 2. The van der Waals surface area contributed by atoms with E-state index in [4.69, 9.17) is 0 Å². The molecule has 0 heterocycles. The number of benzene rings is 3. The van der Waals surface area contributed by atoms with Gasteiger partial charge in [-0.25, -0.2) is 4.79 Å². The number of rotatable bonds is 8. The third kappa shape index (κ3) is 6.69. The van der Waals surface area contributed by atoms with Crippen molar-refractivity contribution in [3.05, 3.63) is 95.6 Å². The monoisotopic (exact) mass is 443 g/mol. The van der Waals surface area contributed by atoms with Crippen LogP contribution in [-0.4, -0.2) is 23.4 Å². The topological polar surface area (TPSA) is 61.4 Å².